The summed E-state index contributed by atoms with van der Waals surface area (Å²) in [5.41, 5.74) is 2.46. The lowest BCUT2D eigenvalue weighted by molar-refractivity contribution is 0.263. The number of aryl methyl sites for hydroxylation is 1. The van der Waals surface area contributed by atoms with Gasteiger partial charge in [-0.3, -0.25) is 0 Å². The first-order valence-corrected chi connectivity index (χ1v) is 8.12. The van der Waals surface area contributed by atoms with E-state index in [2.05, 4.69) is 20.2 Å². The topological polar surface area (TPSA) is 70.5 Å². The van der Waals surface area contributed by atoms with E-state index in [-0.39, 0.29) is 5.75 Å². The summed E-state index contributed by atoms with van der Waals surface area (Å²) in [6.45, 7) is 3.26. The van der Waals surface area contributed by atoms with Gasteiger partial charge in [0.05, 0.1) is 10.9 Å². The number of phenols is 1. The smallest absolute Gasteiger partial charge is 0.145 e. The molecule has 0 atom stereocenters. The largest absolute Gasteiger partial charge is 0.508 e. The van der Waals surface area contributed by atoms with E-state index in [1.807, 2.05) is 51.4 Å². The number of anilines is 2. The van der Waals surface area contributed by atoms with Crippen LogP contribution in [-0.4, -0.2) is 47.2 Å². The van der Waals surface area contributed by atoms with Gasteiger partial charge in [-0.25, -0.2) is 9.97 Å². The highest BCUT2D eigenvalue weighted by Crippen LogP contribution is 2.32. The van der Waals surface area contributed by atoms with Crippen molar-refractivity contribution in [2.24, 2.45) is 0 Å². The summed E-state index contributed by atoms with van der Waals surface area (Å²) in [5.74, 6) is 1.69. The summed E-state index contributed by atoms with van der Waals surface area (Å²) in [6, 6.07) is 11.1. The van der Waals surface area contributed by atoms with E-state index in [1.54, 1.807) is 6.07 Å². The lowest BCUT2D eigenvalue weighted by Crippen LogP contribution is -2.19. The number of benzene rings is 2. The number of rotatable bonds is 6. The molecule has 2 aromatic carbocycles. The van der Waals surface area contributed by atoms with Crippen LogP contribution in [-0.2, 0) is 0 Å². The van der Waals surface area contributed by atoms with Crippen LogP contribution in [0.25, 0.3) is 10.9 Å². The number of phenolic OH excluding ortho intramolecular Hbond substituents is 1. The number of aromatic nitrogens is 2. The molecule has 0 saturated heterocycles. The van der Waals surface area contributed by atoms with Crippen LogP contribution in [0.2, 0.25) is 0 Å². The Balaban J connectivity index is 1.95. The number of likely N-dealkylation sites (N-methyl/N-ethyl adjacent to an activating group) is 1. The highest BCUT2D eigenvalue weighted by molar-refractivity contribution is 5.95. The fraction of sp³-hybridized carbons (Fsp3) is 0.263. The summed E-state index contributed by atoms with van der Waals surface area (Å²) in [6.07, 6.45) is 1.53. The molecule has 1 aromatic heterocycles. The summed E-state index contributed by atoms with van der Waals surface area (Å²) in [5, 5.41) is 13.8. The van der Waals surface area contributed by atoms with Crippen LogP contribution in [0.15, 0.2) is 42.7 Å². The van der Waals surface area contributed by atoms with Crippen LogP contribution in [0.1, 0.15) is 5.56 Å². The number of nitrogens with one attached hydrogen (secondary N) is 1. The SMILES string of the molecule is Cc1cc(Nc2ncnc3cccc(OCCN(C)C)c23)ccc1O. The van der Waals surface area contributed by atoms with Gasteiger partial charge in [0.15, 0.2) is 0 Å². The number of nitrogens with zero attached hydrogens (tertiary/aromatic N) is 3. The van der Waals surface area contributed by atoms with Gasteiger partial charge >= 0.3 is 0 Å². The van der Waals surface area contributed by atoms with Crippen LogP contribution >= 0.6 is 0 Å². The second kappa shape index (κ2) is 7.36. The highest BCUT2D eigenvalue weighted by Gasteiger charge is 2.11. The van der Waals surface area contributed by atoms with Crippen LogP contribution in [0.5, 0.6) is 11.5 Å². The Morgan fingerprint density at radius 1 is 1.16 bits per heavy atom. The van der Waals surface area contributed by atoms with Gasteiger partial charge in [0, 0.05) is 12.2 Å². The molecule has 0 radical (unpaired) electrons. The van der Waals surface area contributed by atoms with Crippen molar-refractivity contribution < 1.29 is 9.84 Å². The third-order valence-corrected chi connectivity index (χ3v) is 3.88. The van der Waals surface area contributed by atoms with E-state index in [1.165, 1.54) is 6.33 Å². The van der Waals surface area contributed by atoms with Crippen molar-refractivity contribution in [3.63, 3.8) is 0 Å². The second-order valence-corrected chi connectivity index (χ2v) is 6.15. The van der Waals surface area contributed by atoms with E-state index >= 15 is 0 Å². The maximum absolute atomic E-state index is 9.69. The molecule has 0 bridgehead atoms. The van der Waals surface area contributed by atoms with E-state index in [4.69, 9.17) is 4.74 Å². The van der Waals surface area contributed by atoms with Gasteiger partial charge in [-0.2, -0.15) is 0 Å². The van der Waals surface area contributed by atoms with Gasteiger partial charge < -0.3 is 20.1 Å². The predicted octanol–water partition coefficient (Wildman–Crippen LogP) is 3.33. The molecule has 0 saturated carbocycles. The third-order valence-electron chi connectivity index (χ3n) is 3.88. The molecule has 0 aliphatic heterocycles. The molecular formula is C19H22N4O2. The minimum atomic E-state index is 0.269. The zero-order valence-corrected chi connectivity index (χ0v) is 14.7. The standard InChI is InChI=1S/C19H22N4O2/c1-13-11-14(7-8-16(13)24)22-19-18-15(20-12-21-19)5-4-6-17(18)25-10-9-23(2)3/h4-8,11-12,24H,9-10H2,1-3H3,(H,20,21,22). The quantitative estimate of drug-likeness (QED) is 0.672. The first-order valence-electron chi connectivity index (χ1n) is 8.12. The third kappa shape index (κ3) is 3.97. The van der Waals surface area contributed by atoms with Crippen LogP contribution in [0, 0.1) is 6.92 Å². The first kappa shape index (κ1) is 17.0. The molecule has 0 aliphatic carbocycles. The molecule has 6 heteroatoms. The number of fused-ring (bicyclic) bond motifs is 1. The van der Waals surface area contributed by atoms with Crippen LogP contribution < -0.4 is 10.1 Å². The summed E-state index contributed by atoms with van der Waals surface area (Å²) in [4.78, 5) is 10.8. The summed E-state index contributed by atoms with van der Waals surface area (Å²) >= 11 is 0. The Morgan fingerprint density at radius 2 is 2.00 bits per heavy atom. The molecule has 0 aliphatic rings. The van der Waals surface area contributed by atoms with Crippen molar-refractivity contribution in [2.75, 3.05) is 32.6 Å². The van der Waals surface area contributed by atoms with Crippen molar-refractivity contribution in [3.05, 3.63) is 48.3 Å². The monoisotopic (exact) mass is 338 g/mol. The zero-order chi connectivity index (χ0) is 17.8. The minimum absolute atomic E-state index is 0.269. The van der Waals surface area contributed by atoms with E-state index in [0.717, 1.165) is 34.4 Å². The number of hydrogen-bond acceptors (Lipinski definition) is 6. The molecule has 0 amide bonds. The molecule has 0 fully saturated rings. The maximum Gasteiger partial charge on any atom is 0.145 e. The fourth-order valence-electron chi connectivity index (χ4n) is 2.50. The molecular weight excluding hydrogens is 316 g/mol. The summed E-state index contributed by atoms with van der Waals surface area (Å²) in [7, 11) is 4.02. The van der Waals surface area contributed by atoms with E-state index in [0.29, 0.717) is 12.4 Å². The van der Waals surface area contributed by atoms with E-state index in [9.17, 15) is 5.11 Å². The lowest BCUT2D eigenvalue weighted by atomic mass is 10.2. The molecule has 0 spiro atoms. The molecule has 3 rings (SSSR count). The summed E-state index contributed by atoms with van der Waals surface area (Å²) < 4.78 is 5.95. The normalized spacial score (nSPS) is 11.0. The minimum Gasteiger partial charge on any atom is -0.508 e. The van der Waals surface area contributed by atoms with Crippen LogP contribution in [0.3, 0.4) is 0 Å². The molecule has 6 nitrogen and oxygen atoms in total. The molecule has 3 aromatic rings. The van der Waals surface area contributed by atoms with Gasteiger partial charge in [-0.1, -0.05) is 6.07 Å². The van der Waals surface area contributed by atoms with Crippen molar-refractivity contribution >= 4 is 22.4 Å². The Hall–Kier alpha value is -2.86. The average molecular weight is 338 g/mol. The molecule has 130 valence electrons. The molecule has 25 heavy (non-hydrogen) atoms. The Morgan fingerprint density at radius 3 is 2.76 bits per heavy atom. The van der Waals surface area contributed by atoms with Crippen molar-refractivity contribution in [1.29, 1.82) is 0 Å². The van der Waals surface area contributed by atoms with Crippen molar-refractivity contribution in [1.82, 2.24) is 14.9 Å². The Kier molecular flexibility index (Phi) is 5.00. The number of hydrogen-bond donors (Lipinski definition) is 2. The molecule has 1 heterocycles. The van der Waals surface area contributed by atoms with Gasteiger partial charge in [-0.15, -0.1) is 0 Å². The molecule has 0 unspecified atom stereocenters. The molecule has 2 N–H and O–H groups in total. The number of aromatic hydroxyl groups is 1. The van der Waals surface area contributed by atoms with Crippen LogP contribution in [0.4, 0.5) is 11.5 Å². The van der Waals surface area contributed by atoms with Crippen molar-refractivity contribution in [3.8, 4) is 11.5 Å². The Bertz CT molecular complexity index is 875. The maximum atomic E-state index is 9.69. The van der Waals surface area contributed by atoms with E-state index < -0.39 is 0 Å². The Labute approximate surface area is 147 Å². The van der Waals surface area contributed by atoms with Gasteiger partial charge in [-0.05, 0) is 56.9 Å². The van der Waals surface area contributed by atoms with Gasteiger partial charge in [0.1, 0.15) is 30.3 Å². The lowest BCUT2D eigenvalue weighted by Gasteiger charge is -2.15. The van der Waals surface area contributed by atoms with Crippen molar-refractivity contribution in [2.45, 2.75) is 6.92 Å². The second-order valence-electron chi connectivity index (χ2n) is 6.15. The number of ether oxygens (including phenoxy) is 1. The van der Waals surface area contributed by atoms with Gasteiger partial charge in [0.25, 0.3) is 0 Å². The zero-order valence-electron chi connectivity index (χ0n) is 14.7. The fourth-order valence-corrected chi connectivity index (χ4v) is 2.50. The van der Waals surface area contributed by atoms with Gasteiger partial charge in [0.2, 0.25) is 0 Å². The predicted molar refractivity (Wildman–Crippen MR) is 99.7 cm³/mol. The highest BCUT2D eigenvalue weighted by atomic mass is 16.5. The first-order chi connectivity index (χ1) is 12.0. The average Bonchev–Trinajstić information content (AvgIpc) is 2.58.